The third-order valence-electron chi connectivity index (χ3n) is 3.67. The molecule has 0 spiro atoms. The molecule has 2 aromatic rings. The van der Waals surface area contributed by atoms with E-state index in [1.807, 2.05) is 28.5 Å². The van der Waals surface area contributed by atoms with Crippen molar-refractivity contribution in [3.63, 3.8) is 0 Å². The lowest BCUT2D eigenvalue weighted by atomic mass is 10.00. The molecule has 1 fully saturated rings. The SMILES string of the molecule is CC1CCCN(C(=O)Cc2cc(-c3cccs3)on2)C1. The Balaban J connectivity index is 1.64. The maximum Gasteiger partial charge on any atom is 0.228 e. The molecule has 3 rings (SSSR count). The minimum atomic E-state index is 0.155. The monoisotopic (exact) mass is 290 g/mol. The van der Waals surface area contributed by atoms with Gasteiger partial charge >= 0.3 is 0 Å². The largest absolute Gasteiger partial charge is 0.355 e. The Hall–Kier alpha value is -1.62. The van der Waals surface area contributed by atoms with E-state index in [4.69, 9.17) is 4.52 Å². The Morgan fingerprint density at radius 1 is 1.60 bits per heavy atom. The van der Waals surface area contributed by atoms with Crippen LogP contribution in [0.25, 0.3) is 10.6 Å². The minimum absolute atomic E-state index is 0.155. The van der Waals surface area contributed by atoms with Gasteiger partial charge in [0, 0.05) is 19.2 Å². The second kappa shape index (κ2) is 5.79. The molecule has 4 nitrogen and oxygen atoms in total. The summed E-state index contributed by atoms with van der Waals surface area (Å²) >= 11 is 1.61. The van der Waals surface area contributed by atoms with Crippen LogP contribution in [0.1, 0.15) is 25.5 Å². The Kier molecular flexibility index (Phi) is 3.87. The number of rotatable bonds is 3. The van der Waals surface area contributed by atoms with E-state index in [0.717, 1.165) is 35.8 Å². The van der Waals surface area contributed by atoms with Crippen molar-refractivity contribution >= 4 is 17.2 Å². The standard InChI is InChI=1S/C15H18N2O2S/c1-11-4-2-6-17(10-11)15(18)9-12-8-13(19-16-12)14-5-3-7-20-14/h3,5,7-8,11H,2,4,6,9-10H2,1H3. The number of amides is 1. The van der Waals surface area contributed by atoms with E-state index < -0.39 is 0 Å². The third kappa shape index (κ3) is 2.93. The van der Waals surface area contributed by atoms with Crippen molar-refractivity contribution in [3.8, 4) is 10.6 Å². The normalized spacial score (nSPS) is 19.2. The van der Waals surface area contributed by atoms with Crippen molar-refractivity contribution in [2.24, 2.45) is 5.92 Å². The van der Waals surface area contributed by atoms with Gasteiger partial charge in [-0.15, -0.1) is 11.3 Å². The Morgan fingerprint density at radius 2 is 2.50 bits per heavy atom. The summed E-state index contributed by atoms with van der Waals surface area (Å²) in [5.74, 6) is 1.50. The molecule has 5 heteroatoms. The molecule has 0 radical (unpaired) electrons. The summed E-state index contributed by atoms with van der Waals surface area (Å²) < 4.78 is 5.31. The molecule has 2 aromatic heterocycles. The van der Waals surface area contributed by atoms with E-state index in [1.165, 1.54) is 6.42 Å². The van der Waals surface area contributed by atoms with Gasteiger partial charge in [0.15, 0.2) is 5.76 Å². The summed E-state index contributed by atoms with van der Waals surface area (Å²) in [6, 6.07) is 5.84. The van der Waals surface area contributed by atoms with Crippen LogP contribution in [-0.2, 0) is 11.2 Å². The van der Waals surface area contributed by atoms with E-state index >= 15 is 0 Å². The highest BCUT2D eigenvalue weighted by molar-refractivity contribution is 7.13. The van der Waals surface area contributed by atoms with E-state index in [1.54, 1.807) is 11.3 Å². The number of nitrogens with zero attached hydrogens (tertiary/aromatic N) is 2. The summed E-state index contributed by atoms with van der Waals surface area (Å²) in [7, 11) is 0. The lowest BCUT2D eigenvalue weighted by Gasteiger charge is -2.30. The average Bonchev–Trinajstić information content (AvgIpc) is 3.08. The zero-order valence-corrected chi connectivity index (χ0v) is 12.4. The molecule has 0 N–H and O–H groups in total. The minimum Gasteiger partial charge on any atom is -0.355 e. The van der Waals surface area contributed by atoms with Crippen LogP contribution in [-0.4, -0.2) is 29.1 Å². The lowest BCUT2D eigenvalue weighted by molar-refractivity contribution is -0.132. The highest BCUT2D eigenvalue weighted by atomic mass is 32.1. The van der Waals surface area contributed by atoms with Gasteiger partial charge in [-0.2, -0.15) is 0 Å². The fourth-order valence-electron chi connectivity index (χ4n) is 2.61. The smallest absolute Gasteiger partial charge is 0.228 e. The molecule has 1 aliphatic heterocycles. The zero-order valence-electron chi connectivity index (χ0n) is 11.5. The Morgan fingerprint density at radius 3 is 3.25 bits per heavy atom. The van der Waals surface area contributed by atoms with Gasteiger partial charge in [-0.1, -0.05) is 18.1 Å². The number of carbonyl (C=O) groups is 1. The van der Waals surface area contributed by atoms with E-state index in [0.29, 0.717) is 12.3 Å². The van der Waals surface area contributed by atoms with Crippen LogP contribution in [0.3, 0.4) is 0 Å². The third-order valence-corrected chi connectivity index (χ3v) is 4.55. The molecular weight excluding hydrogens is 272 g/mol. The molecule has 3 heterocycles. The molecule has 1 saturated heterocycles. The van der Waals surface area contributed by atoms with Crippen molar-refractivity contribution < 1.29 is 9.32 Å². The maximum atomic E-state index is 12.3. The average molecular weight is 290 g/mol. The molecule has 0 aromatic carbocycles. The van der Waals surface area contributed by atoms with Crippen LogP contribution in [0.5, 0.6) is 0 Å². The first-order valence-electron chi connectivity index (χ1n) is 6.99. The van der Waals surface area contributed by atoms with Crippen molar-refractivity contribution in [1.82, 2.24) is 10.1 Å². The molecule has 106 valence electrons. The molecule has 1 aliphatic rings. The van der Waals surface area contributed by atoms with Crippen molar-refractivity contribution in [2.75, 3.05) is 13.1 Å². The Bertz CT molecular complexity index is 576. The summed E-state index contributed by atoms with van der Waals surface area (Å²) in [6.45, 7) is 3.94. The van der Waals surface area contributed by atoms with Gasteiger partial charge in [-0.05, 0) is 30.2 Å². The van der Waals surface area contributed by atoms with Crippen molar-refractivity contribution in [3.05, 3.63) is 29.3 Å². The van der Waals surface area contributed by atoms with Gasteiger partial charge in [0.2, 0.25) is 5.91 Å². The van der Waals surface area contributed by atoms with Gasteiger partial charge < -0.3 is 9.42 Å². The van der Waals surface area contributed by atoms with E-state index in [2.05, 4.69) is 12.1 Å². The molecular formula is C15H18N2O2S. The van der Waals surface area contributed by atoms with Crippen molar-refractivity contribution in [2.45, 2.75) is 26.2 Å². The molecule has 0 bridgehead atoms. The predicted molar refractivity (Wildman–Crippen MR) is 78.5 cm³/mol. The number of aromatic nitrogens is 1. The first-order valence-corrected chi connectivity index (χ1v) is 7.87. The zero-order chi connectivity index (χ0) is 13.9. The summed E-state index contributed by atoms with van der Waals surface area (Å²) in [6.07, 6.45) is 2.66. The number of carbonyl (C=O) groups excluding carboxylic acids is 1. The van der Waals surface area contributed by atoms with Crippen LogP contribution < -0.4 is 0 Å². The van der Waals surface area contributed by atoms with Gasteiger partial charge in [0.25, 0.3) is 0 Å². The van der Waals surface area contributed by atoms with Crippen LogP contribution in [0, 0.1) is 5.92 Å². The van der Waals surface area contributed by atoms with Crippen molar-refractivity contribution in [1.29, 1.82) is 0 Å². The topological polar surface area (TPSA) is 46.3 Å². The second-order valence-corrected chi connectivity index (χ2v) is 6.37. The maximum absolute atomic E-state index is 12.3. The fraction of sp³-hybridized carbons (Fsp3) is 0.467. The number of thiophene rings is 1. The quantitative estimate of drug-likeness (QED) is 0.872. The van der Waals surface area contributed by atoms with E-state index in [-0.39, 0.29) is 5.91 Å². The molecule has 1 unspecified atom stereocenters. The Labute approximate surface area is 122 Å². The molecule has 1 amide bonds. The van der Waals surface area contributed by atoms with Gasteiger partial charge in [-0.3, -0.25) is 4.79 Å². The van der Waals surface area contributed by atoms with Crippen LogP contribution >= 0.6 is 11.3 Å². The van der Waals surface area contributed by atoms with Gasteiger partial charge in [0.1, 0.15) is 0 Å². The first kappa shape index (κ1) is 13.4. The number of hydrogen-bond acceptors (Lipinski definition) is 4. The van der Waals surface area contributed by atoms with Crippen LogP contribution in [0.2, 0.25) is 0 Å². The lowest BCUT2D eigenvalue weighted by Crippen LogP contribution is -2.39. The number of likely N-dealkylation sites (tertiary alicyclic amines) is 1. The summed E-state index contributed by atoms with van der Waals surface area (Å²) in [5, 5.41) is 6.01. The van der Waals surface area contributed by atoms with Crippen LogP contribution in [0.15, 0.2) is 28.1 Å². The van der Waals surface area contributed by atoms with Gasteiger partial charge in [0.05, 0.1) is 17.0 Å². The predicted octanol–water partition coefficient (Wildman–Crippen LogP) is 3.20. The molecule has 0 aliphatic carbocycles. The first-order chi connectivity index (χ1) is 9.72. The highest BCUT2D eigenvalue weighted by Gasteiger charge is 2.22. The number of piperidine rings is 1. The molecule has 20 heavy (non-hydrogen) atoms. The second-order valence-electron chi connectivity index (χ2n) is 5.42. The fourth-order valence-corrected chi connectivity index (χ4v) is 3.29. The number of hydrogen-bond donors (Lipinski definition) is 0. The summed E-state index contributed by atoms with van der Waals surface area (Å²) in [4.78, 5) is 15.3. The highest BCUT2D eigenvalue weighted by Crippen LogP contribution is 2.25. The summed E-state index contributed by atoms with van der Waals surface area (Å²) in [5.41, 5.74) is 0.719. The van der Waals surface area contributed by atoms with Gasteiger partial charge in [-0.25, -0.2) is 0 Å². The molecule has 1 atom stereocenters. The van der Waals surface area contributed by atoms with Crippen LogP contribution in [0.4, 0.5) is 0 Å². The molecule has 0 saturated carbocycles. The van der Waals surface area contributed by atoms with E-state index in [9.17, 15) is 4.79 Å².